The Balaban J connectivity index is 2.68. The Morgan fingerprint density at radius 2 is 2.58 bits per heavy atom. The number of rotatable bonds is 3. The maximum absolute atomic E-state index is 11.8. The number of tetrazole rings is 1. The second kappa shape index (κ2) is 4.00. The summed E-state index contributed by atoms with van der Waals surface area (Å²) in [6.07, 6.45) is 0. The van der Waals surface area contributed by atoms with Gasteiger partial charge in [0.2, 0.25) is 12.3 Å². The molecule has 0 atom stereocenters. The van der Waals surface area contributed by atoms with Crippen LogP contribution in [0.5, 0.6) is 0 Å². The average Bonchev–Trinajstić information content (AvgIpc) is 2.52. The molecule has 0 aliphatic carbocycles. The molecule has 0 aromatic carbocycles. The largest absolute Gasteiger partial charge is 0.460 e. The zero-order chi connectivity index (χ0) is 8.97. The van der Waals surface area contributed by atoms with Gasteiger partial charge in [-0.25, -0.2) is 4.79 Å². The van der Waals surface area contributed by atoms with Crippen LogP contribution in [0.3, 0.4) is 0 Å². The lowest BCUT2D eigenvalue weighted by molar-refractivity contribution is 0.0512. The molecule has 1 heterocycles. The van der Waals surface area contributed by atoms with E-state index >= 15 is 0 Å². The summed E-state index contributed by atoms with van der Waals surface area (Å²) < 4.78 is 16.9. The number of carbonyl (C=O) groups is 1. The number of carbonyl (C=O) groups excluding carboxylic acids is 1. The third kappa shape index (κ3) is 1.91. The summed E-state index contributed by atoms with van der Waals surface area (Å²) in [5, 5.41) is 9.81. The number of hydrogen-bond acceptors (Lipinski definition) is 6. The zero-order valence-electron chi connectivity index (χ0n) is 6.10. The standard InChI is InChI=1S/C4H5FN4O2S/c1-2-11-4(10)3-6-8-9(7-3)12-5/h2H2,1H3. The highest BCUT2D eigenvalue weighted by Gasteiger charge is 2.13. The van der Waals surface area contributed by atoms with Crippen molar-refractivity contribution in [3.63, 3.8) is 0 Å². The van der Waals surface area contributed by atoms with Gasteiger partial charge in [-0.15, -0.1) is 8.98 Å². The van der Waals surface area contributed by atoms with E-state index in [1.54, 1.807) is 6.92 Å². The molecular weight excluding hydrogens is 187 g/mol. The van der Waals surface area contributed by atoms with Crippen LogP contribution in [0.4, 0.5) is 3.89 Å². The van der Waals surface area contributed by atoms with Gasteiger partial charge in [0.25, 0.3) is 5.82 Å². The molecular formula is C4H5FN4O2S. The van der Waals surface area contributed by atoms with Gasteiger partial charge in [0.1, 0.15) is 0 Å². The third-order valence-electron chi connectivity index (χ3n) is 0.916. The highest BCUT2D eigenvalue weighted by molar-refractivity contribution is 7.92. The molecule has 0 fully saturated rings. The van der Waals surface area contributed by atoms with Gasteiger partial charge >= 0.3 is 5.97 Å². The molecule has 0 radical (unpaired) electrons. The first-order valence-corrected chi connectivity index (χ1v) is 3.71. The topological polar surface area (TPSA) is 69.9 Å². The molecule has 1 rings (SSSR count). The van der Waals surface area contributed by atoms with Crippen molar-refractivity contribution in [3.05, 3.63) is 5.82 Å². The molecule has 0 amide bonds. The number of nitrogens with zero attached hydrogens (tertiary/aromatic N) is 4. The van der Waals surface area contributed by atoms with E-state index < -0.39 is 5.97 Å². The van der Waals surface area contributed by atoms with Crippen LogP contribution in [0.15, 0.2) is 0 Å². The molecule has 0 N–H and O–H groups in total. The molecule has 0 saturated heterocycles. The van der Waals surface area contributed by atoms with Crippen LogP contribution in [0.1, 0.15) is 17.5 Å². The fourth-order valence-corrected chi connectivity index (χ4v) is 0.680. The predicted octanol–water partition coefficient (Wildman–Crippen LogP) is 0.231. The van der Waals surface area contributed by atoms with Gasteiger partial charge in [0.15, 0.2) is 0 Å². The van der Waals surface area contributed by atoms with Gasteiger partial charge in [-0.2, -0.15) is 0 Å². The second-order valence-electron chi connectivity index (χ2n) is 1.66. The van der Waals surface area contributed by atoms with Crippen LogP contribution < -0.4 is 0 Å². The molecule has 0 aliphatic heterocycles. The molecule has 0 saturated carbocycles. The SMILES string of the molecule is CCOC(=O)c1nnn(SF)n1. The first kappa shape index (κ1) is 8.91. The Morgan fingerprint density at radius 1 is 1.83 bits per heavy atom. The number of esters is 1. The van der Waals surface area contributed by atoms with E-state index in [1.807, 2.05) is 0 Å². The molecule has 8 heteroatoms. The van der Waals surface area contributed by atoms with Crippen LogP contribution >= 0.6 is 12.3 Å². The van der Waals surface area contributed by atoms with E-state index in [0.717, 1.165) is 0 Å². The Morgan fingerprint density at radius 3 is 3.08 bits per heavy atom. The van der Waals surface area contributed by atoms with Gasteiger partial charge in [0, 0.05) is 0 Å². The van der Waals surface area contributed by atoms with E-state index in [0.29, 0.717) is 4.20 Å². The van der Waals surface area contributed by atoms with Crippen molar-refractivity contribution >= 4 is 18.3 Å². The smallest absolute Gasteiger partial charge is 0.380 e. The van der Waals surface area contributed by atoms with Crippen molar-refractivity contribution < 1.29 is 13.4 Å². The summed E-state index contributed by atoms with van der Waals surface area (Å²) in [7, 11) is 0. The number of aromatic nitrogens is 4. The second-order valence-corrected chi connectivity index (χ2v) is 2.12. The number of hydrogen-bond donors (Lipinski definition) is 0. The van der Waals surface area contributed by atoms with Gasteiger partial charge in [0.05, 0.1) is 6.61 Å². The Kier molecular flexibility index (Phi) is 2.97. The van der Waals surface area contributed by atoms with Gasteiger partial charge in [-0.3, -0.25) is 0 Å². The van der Waals surface area contributed by atoms with Crippen LogP contribution in [-0.4, -0.2) is 32.2 Å². The van der Waals surface area contributed by atoms with Crippen molar-refractivity contribution in [2.24, 2.45) is 0 Å². The molecule has 0 aliphatic rings. The van der Waals surface area contributed by atoms with Gasteiger partial charge in [-0.05, 0) is 12.1 Å². The monoisotopic (exact) mass is 192 g/mol. The fraction of sp³-hybridized carbons (Fsp3) is 0.500. The van der Waals surface area contributed by atoms with Crippen molar-refractivity contribution in [3.8, 4) is 0 Å². The maximum Gasteiger partial charge on any atom is 0.380 e. The van der Waals surface area contributed by atoms with E-state index in [2.05, 4.69) is 20.1 Å². The summed E-state index contributed by atoms with van der Waals surface area (Å²) in [6.45, 7) is 1.86. The molecule has 6 nitrogen and oxygen atoms in total. The maximum atomic E-state index is 11.8. The number of ether oxygens (including phenoxy) is 1. The number of halogens is 1. The lowest BCUT2D eigenvalue weighted by Gasteiger charge is -1.93. The highest BCUT2D eigenvalue weighted by Crippen LogP contribution is 2.01. The Hall–Kier alpha value is -1.18. The predicted molar refractivity (Wildman–Crippen MR) is 37.9 cm³/mol. The molecule has 0 bridgehead atoms. The molecule has 0 spiro atoms. The molecule has 0 unspecified atom stereocenters. The minimum Gasteiger partial charge on any atom is -0.460 e. The van der Waals surface area contributed by atoms with Crippen molar-refractivity contribution in [1.29, 1.82) is 0 Å². The summed E-state index contributed by atoms with van der Waals surface area (Å²) in [6, 6.07) is 0. The van der Waals surface area contributed by atoms with E-state index in [1.165, 1.54) is 0 Å². The summed E-state index contributed by atoms with van der Waals surface area (Å²) in [5.41, 5.74) is 0. The molecule has 1 aromatic rings. The van der Waals surface area contributed by atoms with E-state index in [9.17, 15) is 8.68 Å². The van der Waals surface area contributed by atoms with Crippen LogP contribution in [0, 0.1) is 0 Å². The quantitative estimate of drug-likeness (QED) is 0.638. The molecule has 66 valence electrons. The zero-order valence-corrected chi connectivity index (χ0v) is 6.92. The average molecular weight is 192 g/mol. The van der Waals surface area contributed by atoms with E-state index in [4.69, 9.17) is 0 Å². The third-order valence-corrected chi connectivity index (χ3v) is 1.19. The van der Waals surface area contributed by atoms with Crippen LogP contribution in [0.2, 0.25) is 0 Å². The lowest BCUT2D eigenvalue weighted by atomic mass is 10.6. The first-order chi connectivity index (χ1) is 5.77. The first-order valence-electron chi connectivity index (χ1n) is 3.04. The summed E-state index contributed by atoms with van der Waals surface area (Å²) >= 11 is -0.251. The van der Waals surface area contributed by atoms with E-state index in [-0.39, 0.29) is 24.8 Å². The molecule has 12 heavy (non-hydrogen) atoms. The fourth-order valence-electron chi connectivity index (χ4n) is 0.508. The van der Waals surface area contributed by atoms with Crippen LogP contribution in [0.25, 0.3) is 0 Å². The highest BCUT2D eigenvalue weighted by atomic mass is 32.2. The Bertz CT molecular complexity index is 278. The normalized spacial score (nSPS) is 9.83. The minimum absolute atomic E-state index is 0.218. The van der Waals surface area contributed by atoms with Crippen molar-refractivity contribution in [1.82, 2.24) is 19.6 Å². The lowest BCUT2D eigenvalue weighted by Crippen LogP contribution is -2.07. The van der Waals surface area contributed by atoms with Crippen LogP contribution in [-0.2, 0) is 4.74 Å². The van der Waals surface area contributed by atoms with Crippen molar-refractivity contribution in [2.75, 3.05) is 6.61 Å². The summed E-state index contributed by atoms with van der Waals surface area (Å²) in [5.74, 6) is -0.959. The molecule has 1 aromatic heterocycles. The Labute approximate surface area is 71.5 Å². The van der Waals surface area contributed by atoms with Gasteiger partial charge < -0.3 is 4.74 Å². The minimum atomic E-state index is -0.710. The van der Waals surface area contributed by atoms with Crippen molar-refractivity contribution in [2.45, 2.75) is 6.92 Å². The van der Waals surface area contributed by atoms with Gasteiger partial charge in [-0.1, -0.05) is 9.30 Å². The summed E-state index contributed by atoms with van der Waals surface area (Å²) in [4.78, 5) is 10.8.